The second kappa shape index (κ2) is 5.97. The van der Waals surface area contributed by atoms with Gasteiger partial charge in [0.05, 0.1) is 11.9 Å². The number of rotatable bonds is 2. The number of thioether (sulfide) groups is 1. The van der Waals surface area contributed by atoms with E-state index >= 15 is 0 Å². The predicted molar refractivity (Wildman–Crippen MR) is 99.3 cm³/mol. The number of anilines is 1. The molecule has 1 aromatic carbocycles. The first-order valence-corrected chi connectivity index (χ1v) is 11.3. The van der Waals surface area contributed by atoms with Gasteiger partial charge in [-0.2, -0.15) is 4.31 Å². The number of sulfonamides is 1. The summed E-state index contributed by atoms with van der Waals surface area (Å²) < 4.78 is 25.2. The quantitative estimate of drug-likeness (QED) is 0.750. The Morgan fingerprint density at radius 3 is 2.69 bits per heavy atom. The summed E-state index contributed by atoms with van der Waals surface area (Å²) in [6.07, 6.45) is 2.02. The predicted octanol–water partition coefficient (Wildman–Crippen LogP) is 1.11. The van der Waals surface area contributed by atoms with Gasteiger partial charge in [0.1, 0.15) is 0 Å². The summed E-state index contributed by atoms with van der Waals surface area (Å²) >= 11 is 1.45. The molecule has 2 saturated heterocycles. The molecule has 0 bridgehead atoms. The van der Waals surface area contributed by atoms with Crippen LogP contribution in [0.3, 0.4) is 0 Å². The van der Waals surface area contributed by atoms with Gasteiger partial charge in [0.25, 0.3) is 5.91 Å². The Kier molecular flexibility index (Phi) is 4.09. The van der Waals surface area contributed by atoms with Crippen LogP contribution in [0.5, 0.6) is 0 Å². The molecule has 2 fully saturated rings. The van der Waals surface area contributed by atoms with Gasteiger partial charge < -0.3 is 4.90 Å². The third-order valence-electron chi connectivity index (χ3n) is 5.29. The van der Waals surface area contributed by atoms with Crippen molar-refractivity contribution in [3.05, 3.63) is 24.3 Å². The highest BCUT2D eigenvalue weighted by atomic mass is 32.2. The summed E-state index contributed by atoms with van der Waals surface area (Å²) in [6, 6.07) is 7.32. The van der Waals surface area contributed by atoms with Crippen LogP contribution in [0, 0.1) is 0 Å². The van der Waals surface area contributed by atoms with Crippen molar-refractivity contribution in [2.75, 3.05) is 30.8 Å². The number of piperazine rings is 1. The van der Waals surface area contributed by atoms with Crippen molar-refractivity contribution < 1.29 is 18.0 Å². The van der Waals surface area contributed by atoms with Gasteiger partial charge in [-0.25, -0.2) is 8.42 Å². The van der Waals surface area contributed by atoms with Crippen LogP contribution >= 0.6 is 11.8 Å². The number of nitrogens with zero attached hydrogens (tertiary/aromatic N) is 3. The highest BCUT2D eigenvalue weighted by molar-refractivity contribution is 8.02. The normalized spacial score (nSPS) is 29.0. The van der Waals surface area contributed by atoms with Crippen molar-refractivity contribution >= 4 is 39.3 Å². The van der Waals surface area contributed by atoms with Gasteiger partial charge in [-0.05, 0) is 25.5 Å². The average molecular weight is 396 g/mol. The summed E-state index contributed by atoms with van der Waals surface area (Å²) in [7, 11) is -3.29. The molecule has 140 valence electrons. The van der Waals surface area contributed by atoms with E-state index < -0.39 is 14.9 Å². The molecule has 2 amide bonds. The van der Waals surface area contributed by atoms with E-state index in [1.54, 1.807) is 9.80 Å². The van der Waals surface area contributed by atoms with E-state index in [2.05, 4.69) is 0 Å². The third kappa shape index (κ3) is 2.56. The SMILES string of the molecule is C[C@H]1CN(C(=O)C23CCC(=O)N2c2ccccc2S3)CCN1S(C)(=O)=O. The lowest BCUT2D eigenvalue weighted by molar-refractivity contribution is -0.136. The zero-order valence-electron chi connectivity index (χ0n) is 14.7. The second-order valence-electron chi connectivity index (χ2n) is 7.06. The van der Waals surface area contributed by atoms with E-state index in [1.807, 2.05) is 31.2 Å². The fraction of sp³-hybridized carbons (Fsp3) is 0.529. The van der Waals surface area contributed by atoms with Crippen LogP contribution in [0.15, 0.2) is 29.2 Å². The molecule has 7 nitrogen and oxygen atoms in total. The van der Waals surface area contributed by atoms with Crippen LogP contribution < -0.4 is 4.90 Å². The largest absolute Gasteiger partial charge is 0.337 e. The molecule has 1 unspecified atom stereocenters. The molecule has 1 aromatic rings. The molecule has 9 heteroatoms. The van der Waals surface area contributed by atoms with Crippen molar-refractivity contribution in [2.24, 2.45) is 0 Å². The fourth-order valence-corrected chi connectivity index (χ4v) is 6.77. The zero-order valence-corrected chi connectivity index (χ0v) is 16.3. The molecule has 0 saturated carbocycles. The number of hydrogen-bond donors (Lipinski definition) is 0. The molecule has 3 heterocycles. The molecule has 0 radical (unpaired) electrons. The van der Waals surface area contributed by atoms with Gasteiger partial charge in [0.2, 0.25) is 15.9 Å². The lowest BCUT2D eigenvalue weighted by Crippen LogP contribution is -2.61. The Bertz CT molecular complexity index is 888. The summed E-state index contributed by atoms with van der Waals surface area (Å²) in [5.41, 5.74) is 0.802. The van der Waals surface area contributed by atoms with Crippen molar-refractivity contribution in [1.29, 1.82) is 0 Å². The first-order valence-electron chi connectivity index (χ1n) is 8.61. The molecule has 4 rings (SSSR count). The van der Waals surface area contributed by atoms with Crippen LogP contribution in [0.2, 0.25) is 0 Å². The van der Waals surface area contributed by atoms with E-state index in [0.717, 1.165) is 10.6 Å². The van der Waals surface area contributed by atoms with E-state index in [1.165, 1.54) is 22.3 Å². The van der Waals surface area contributed by atoms with E-state index in [0.29, 0.717) is 25.9 Å². The minimum Gasteiger partial charge on any atom is -0.337 e. The Balaban J connectivity index is 1.62. The molecule has 0 aliphatic carbocycles. The molecule has 26 heavy (non-hydrogen) atoms. The first-order chi connectivity index (χ1) is 12.2. The van der Waals surface area contributed by atoms with Crippen LogP contribution in [0.25, 0.3) is 0 Å². The van der Waals surface area contributed by atoms with Crippen LogP contribution in [-0.2, 0) is 19.6 Å². The number of benzene rings is 1. The minimum atomic E-state index is -3.29. The molecule has 0 N–H and O–H groups in total. The van der Waals surface area contributed by atoms with Gasteiger partial charge in [-0.15, -0.1) is 0 Å². The maximum atomic E-state index is 13.5. The lowest BCUT2D eigenvalue weighted by atomic mass is 10.1. The van der Waals surface area contributed by atoms with Gasteiger partial charge in [-0.3, -0.25) is 14.5 Å². The summed E-state index contributed by atoms with van der Waals surface area (Å²) in [6.45, 7) is 2.78. The fourth-order valence-electron chi connectivity index (χ4n) is 4.15. The maximum absolute atomic E-state index is 13.5. The summed E-state index contributed by atoms with van der Waals surface area (Å²) in [5.74, 6) is -0.122. The molecule has 3 aliphatic rings. The van der Waals surface area contributed by atoms with E-state index in [-0.39, 0.29) is 24.4 Å². The second-order valence-corrected chi connectivity index (χ2v) is 10.3. The third-order valence-corrected chi connectivity index (χ3v) is 8.15. The molecule has 2 atom stereocenters. The number of carbonyl (C=O) groups excluding carboxylic acids is 2. The highest BCUT2D eigenvalue weighted by Gasteiger charge is 2.58. The zero-order chi connectivity index (χ0) is 18.7. The molecule has 3 aliphatic heterocycles. The number of fused-ring (bicyclic) bond motifs is 3. The lowest BCUT2D eigenvalue weighted by Gasteiger charge is -2.42. The van der Waals surface area contributed by atoms with Gasteiger partial charge in [0, 0.05) is 37.0 Å². The average Bonchev–Trinajstić information content (AvgIpc) is 3.09. The van der Waals surface area contributed by atoms with Gasteiger partial charge >= 0.3 is 0 Å². The van der Waals surface area contributed by atoms with Gasteiger partial charge in [0.15, 0.2) is 4.87 Å². The Hall–Kier alpha value is -1.58. The topological polar surface area (TPSA) is 78.0 Å². The Morgan fingerprint density at radius 2 is 2.00 bits per heavy atom. The number of para-hydroxylation sites is 1. The Labute approximate surface area is 157 Å². The number of carbonyl (C=O) groups is 2. The van der Waals surface area contributed by atoms with Crippen LogP contribution in [0.1, 0.15) is 19.8 Å². The highest BCUT2D eigenvalue weighted by Crippen LogP contribution is 2.56. The summed E-state index contributed by atoms with van der Waals surface area (Å²) in [5, 5.41) is 0. The molecular formula is C17H21N3O4S2. The molecular weight excluding hydrogens is 374 g/mol. The molecule has 0 spiro atoms. The van der Waals surface area contributed by atoms with Crippen LogP contribution in [0.4, 0.5) is 5.69 Å². The minimum absolute atomic E-state index is 0.0291. The smallest absolute Gasteiger partial charge is 0.259 e. The van der Waals surface area contributed by atoms with E-state index in [9.17, 15) is 18.0 Å². The van der Waals surface area contributed by atoms with E-state index in [4.69, 9.17) is 0 Å². The van der Waals surface area contributed by atoms with Crippen molar-refractivity contribution in [3.8, 4) is 0 Å². The monoisotopic (exact) mass is 395 g/mol. The van der Waals surface area contributed by atoms with Crippen LogP contribution in [-0.4, -0.2) is 66.2 Å². The number of amides is 2. The van der Waals surface area contributed by atoms with Crippen molar-refractivity contribution in [1.82, 2.24) is 9.21 Å². The summed E-state index contributed by atoms with van der Waals surface area (Å²) in [4.78, 5) is 29.4. The van der Waals surface area contributed by atoms with Gasteiger partial charge in [-0.1, -0.05) is 23.9 Å². The number of hydrogen-bond acceptors (Lipinski definition) is 5. The first kappa shape index (κ1) is 17.8. The van der Waals surface area contributed by atoms with Crippen molar-refractivity contribution in [2.45, 2.75) is 35.6 Å². The Morgan fingerprint density at radius 1 is 1.27 bits per heavy atom. The standard InChI is InChI=1S/C17H21N3O4S2/c1-12-11-18(9-10-19(12)26(2,23)24)16(22)17-8-7-15(21)20(17)13-5-3-4-6-14(13)25-17/h3-6,12H,7-11H2,1-2H3/t12-,17?/m0/s1. The van der Waals surface area contributed by atoms with Crippen molar-refractivity contribution in [3.63, 3.8) is 0 Å². The maximum Gasteiger partial charge on any atom is 0.259 e. The molecule has 0 aromatic heterocycles.